The number of nitrogen functional groups attached to an aromatic ring is 4. The average molecular weight is 1920 g/mol. The van der Waals surface area contributed by atoms with Gasteiger partial charge in [-0.2, -0.15) is 21.6 Å². The Morgan fingerprint density at radius 1 is 0.593 bits per heavy atom. The maximum absolute atomic E-state index is 12.3. The largest absolute Gasteiger partial charge is 1.00 e. The zero-order chi connectivity index (χ0) is 97.0. The Labute approximate surface area is 807 Å². The van der Waals surface area contributed by atoms with Gasteiger partial charge in [-0.1, -0.05) is 104 Å². The van der Waals surface area contributed by atoms with Gasteiger partial charge < -0.3 is 104 Å². The van der Waals surface area contributed by atoms with Crippen LogP contribution in [0.25, 0.3) is 100 Å². The number of aliphatic hydroxyl groups is 2. The molecule has 701 valence electrons. The topological polar surface area (TPSA) is 531 Å². The molecule has 29 nitrogen and oxygen atoms in total. The number of ether oxygens (including phenoxy) is 4. The van der Waals surface area contributed by atoms with E-state index < -0.39 is 54.0 Å². The van der Waals surface area contributed by atoms with Crippen molar-refractivity contribution in [3.8, 4) is 78.9 Å². The SMILES string of the molecule is C.C1CCOC1.CO.COC(=O)c1ccccc1-c1c2ccc(=N)cc-2oc2cc(N)ccc12.ClCCl.N=c1ccc2c(-c3ccccc3C(=O)O)c3ccc(N)cc3oc-2c1.N=c1ccc2c(-c3ccccc3CO)c3ccc(N)cc3oc-2c1.Nc1ccc2c(c1)Oc1cc(NC(=O)CC[C@H](N)C(=O)O)ccc1C2C1OCc2ccccc21.O=CC(F)(F)F.O=S(=O)(O)O.[2H]CF.[Al].[H-].[Li+]. The van der Waals surface area contributed by atoms with E-state index in [9.17, 15) is 47.0 Å². The number of carboxylic acid groups (broad SMARTS) is 2. The fourth-order valence-corrected chi connectivity index (χ4v) is 14.5. The van der Waals surface area contributed by atoms with E-state index in [1.54, 1.807) is 121 Å². The van der Waals surface area contributed by atoms with E-state index in [2.05, 4.69) is 17.4 Å². The predicted octanol–water partition coefficient (Wildman–Crippen LogP) is 15.6. The Morgan fingerprint density at radius 2 is 0.985 bits per heavy atom. The Morgan fingerprint density at radius 3 is 1.41 bits per heavy atom. The maximum Gasteiger partial charge on any atom is 1.00 e. The smallest absolute Gasteiger partial charge is 1.00 e. The molecular formula is C97H96AlCl2F4LiN9O20S. The van der Waals surface area contributed by atoms with E-state index in [1.165, 1.54) is 25.5 Å². The summed E-state index contributed by atoms with van der Waals surface area (Å²) >= 11 is 9.53. The van der Waals surface area contributed by atoms with Crippen molar-refractivity contribution in [3.05, 3.63) is 298 Å². The Hall–Kier alpha value is -13.3. The summed E-state index contributed by atoms with van der Waals surface area (Å²) in [5.41, 5.74) is 47.1. The standard InChI is InChI=1S/C26H25N3O5.C21H16N2O3.C20H14N2O3.C20H16N2O2.C4H8O.C2HF3O.CH2Cl2.CH3F.CH4O.CH4.Al.Li.H2O4S.H/c27-15-5-7-18-21(11-15)34-22-12-16(29-23(30)10-9-20(28)26(31)32)6-8-19(22)24(18)25-17-4-2-1-3-14(17)13-33-25;1-25-21(24)15-5-3-2-4-14(15)20-16-8-6-12(22)10-18(16)26-19-11-13(23)7-9-17(19)20;21-11-5-7-15-17(9-11)25-18-10-12(22)6-8-16(18)19(15)13-3-1-2-4-14(13)20(23)24;21-13-5-7-16-18(9-13)24-19-10-14(22)6-8-17(19)20(16)15-4-2-1-3-12(15)11-23;1-2-4-5-3-1;3-2(4,5)1-6;2-1-3;2*1-2;;;;1-5(2,3)4;/h1-8,11-12,20,24-25H,9-10,13,27-28H2,(H,29,30)(H,31,32);2-11,22H,23H2,1H3;1-10,21H,22H2,(H,23,24);1-10,21,23H,11,22H2;1-4H2;1H;1H2;1H3;2H,1H3;1H4;;;(H2,1,2,3,4);/q;;;;;;;;;;;+1;;-1/t20-,24?,25?;;;;;;;;;;;;;/m0............./s1/i;;;;;;;1D;;;;;;. The number of hydrogen-bond acceptors (Lipinski definition) is 24. The van der Waals surface area contributed by atoms with E-state index in [0.29, 0.717) is 108 Å². The van der Waals surface area contributed by atoms with Crippen molar-refractivity contribution in [3.63, 3.8) is 0 Å². The van der Waals surface area contributed by atoms with Crippen molar-refractivity contribution in [2.24, 2.45) is 5.73 Å². The zero-order valence-corrected chi connectivity index (χ0v) is 75.5. The number of carboxylic acids is 2. The summed E-state index contributed by atoms with van der Waals surface area (Å²) in [6.45, 7) is 2.50. The van der Waals surface area contributed by atoms with Crippen molar-refractivity contribution in [2.75, 3.05) is 68.2 Å². The van der Waals surface area contributed by atoms with Gasteiger partial charge in [0, 0.05) is 188 Å². The van der Waals surface area contributed by atoms with Crippen molar-refractivity contribution < 1.29 is 133 Å². The second-order valence-corrected chi connectivity index (χ2v) is 30.4. The minimum Gasteiger partial charge on any atom is -1.00 e. The Kier molecular flexibility index (Phi) is 41.7. The van der Waals surface area contributed by atoms with E-state index in [4.69, 9.17) is 134 Å². The number of aldehydes is 1. The van der Waals surface area contributed by atoms with Gasteiger partial charge in [0.15, 0.2) is 0 Å². The van der Waals surface area contributed by atoms with Gasteiger partial charge in [0.25, 0.3) is 0 Å². The van der Waals surface area contributed by atoms with Crippen LogP contribution in [0.2, 0.25) is 0 Å². The number of aromatic carboxylic acids is 1. The molecule has 0 aromatic heterocycles. The molecule has 6 aliphatic heterocycles. The number of carbonyl (C=O) groups excluding carboxylic acids is 3. The van der Waals surface area contributed by atoms with Crippen LogP contribution in [-0.2, 0) is 52.2 Å². The number of nitrogens with two attached hydrogens (primary N) is 5. The van der Waals surface area contributed by atoms with Crippen LogP contribution in [0.1, 0.15) is 96.5 Å². The number of methoxy groups -OCH3 is 1. The molecule has 0 bridgehead atoms. The van der Waals surface area contributed by atoms with Crippen molar-refractivity contribution in [1.29, 1.82) is 16.2 Å². The molecule has 0 saturated carbocycles. The van der Waals surface area contributed by atoms with Crippen LogP contribution in [0.4, 0.5) is 46.0 Å². The number of amides is 1. The molecule has 1 fully saturated rings. The number of rotatable bonds is 12. The molecule has 6 heterocycles. The summed E-state index contributed by atoms with van der Waals surface area (Å²) < 4.78 is 119. The van der Waals surface area contributed by atoms with Gasteiger partial charge in [-0.15, -0.1) is 23.2 Å². The molecule has 3 atom stereocenters. The number of nitrogens with one attached hydrogen (secondary N) is 4. The number of aliphatic hydroxyl groups excluding tert-OH is 2. The summed E-state index contributed by atoms with van der Waals surface area (Å²) in [5.74, 6) is 0.00472. The molecule has 3 aliphatic carbocycles. The van der Waals surface area contributed by atoms with Gasteiger partial charge in [0.2, 0.25) is 12.2 Å². The Balaban J connectivity index is 0.000000297. The fourth-order valence-electron chi connectivity index (χ4n) is 14.5. The fraction of sp³-hybridized carbons (Fsp3) is 0.175. The van der Waals surface area contributed by atoms with Crippen LogP contribution in [0.15, 0.2) is 256 Å². The molecule has 3 radical (unpaired) electrons. The molecule has 0 spiro atoms. The van der Waals surface area contributed by atoms with Crippen molar-refractivity contribution in [2.45, 2.75) is 70.6 Å². The maximum atomic E-state index is 12.3. The molecule has 1 saturated heterocycles. The van der Waals surface area contributed by atoms with E-state index in [1.807, 2.05) is 109 Å². The van der Waals surface area contributed by atoms with Gasteiger partial charge >= 0.3 is 53.3 Å². The van der Waals surface area contributed by atoms with Crippen LogP contribution in [-0.4, -0.2) is 138 Å². The van der Waals surface area contributed by atoms with Gasteiger partial charge in [-0.25, -0.2) is 9.59 Å². The van der Waals surface area contributed by atoms with Gasteiger partial charge in [-0.05, 0) is 150 Å². The van der Waals surface area contributed by atoms with Crippen LogP contribution >= 0.6 is 23.2 Å². The van der Waals surface area contributed by atoms with Gasteiger partial charge in [-0.3, -0.25) is 27.9 Å². The first-order valence-electron chi connectivity index (χ1n) is 40.3. The van der Waals surface area contributed by atoms with E-state index >= 15 is 0 Å². The second-order valence-electron chi connectivity index (χ2n) is 28.7. The van der Waals surface area contributed by atoms with Gasteiger partial charge in [0.05, 0.1) is 67.5 Å². The molecule has 18 rings (SSSR count). The molecule has 1 amide bonds. The first-order valence-corrected chi connectivity index (χ1v) is 42.1. The number of anilines is 5. The van der Waals surface area contributed by atoms with Crippen molar-refractivity contribution in [1.82, 2.24) is 0 Å². The van der Waals surface area contributed by atoms with Crippen LogP contribution < -0.4 is 73.7 Å². The number of carbonyl (C=O) groups is 5. The predicted molar refractivity (Wildman–Crippen MR) is 508 cm³/mol. The minimum atomic E-state index is -4.67. The molecule has 135 heavy (non-hydrogen) atoms. The number of alkyl halides is 6. The summed E-state index contributed by atoms with van der Waals surface area (Å²) in [6.07, 6.45) is -3.28. The van der Waals surface area contributed by atoms with E-state index in [0.717, 1.165) is 103 Å². The summed E-state index contributed by atoms with van der Waals surface area (Å²) in [6, 6.07) is 72.0. The second kappa shape index (κ2) is 51.8. The quantitative estimate of drug-likeness (QED) is 0.00789. The van der Waals surface area contributed by atoms with Crippen LogP contribution in [0.3, 0.4) is 0 Å². The molecule has 9 aromatic carbocycles. The van der Waals surface area contributed by atoms with Gasteiger partial charge in [0.1, 0.15) is 51.6 Å². The molecule has 9 aliphatic rings. The number of hydrogen-bond donors (Lipinski definition) is 15. The number of esters is 1. The molecular weight excluding hydrogens is 1820 g/mol. The summed E-state index contributed by atoms with van der Waals surface area (Å²) in [4.78, 5) is 55.9. The third-order valence-electron chi connectivity index (χ3n) is 20.0. The summed E-state index contributed by atoms with van der Waals surface area (Å²) in [7, 11) is -3.30. The monoisotopic (exact) mass is 1920 g/mol. The first-order chi connectivity index (χ1) is 63.6. The number of benzene rings is 12. The minimum absolute atomic E-state index is 0. The molecule has 38 heteroatoms. The molecule has 20 N–H and O–H groups in total. The average Bonchev–Trinajstić information content (AvgIpc) is 1.71. The number of aliphatic carboxylic acids is 1. The van der Waals surface area contributed by atoms with E-state index in [-0.39, 0.29) is 93.4 Å². The summed E-state index contributed by atoms with van der Waals surface area (Å²) in [5, 5.41) is 65.4. The van der Waals surface area contributed by atoms with Crippen molar-refractivity contribution >= 4 is 142 Å². The number of fused-ring (bicyclic) bond motifs is 9. The van der Waals surface area contributed by atoms with Crippen LogP contribution in [0.5, 0.6) is 11.5 Å². The normalized spacial score (nSPS) is 13.0. The zero-order valence-electron chi connectivity index (χ0n) is 74.0. The Bertz CT molecular complexity index is 6860. The van der Waals surface area contributed by atoms with Crippen LogP contribution in [0, 0.1) is 16.2 Å². The first kappa shape index (κ1) is 109. The third-order valence-corrected chi connectivity index (χ3v) is 20.0. The molecule has 2 unspecified atom stereocenters. The number of halogens is 6. The third kappa shape index (κ3) is 29.4. The molecule has 9 aromatic rings.